The zero-order valence-electron chi connectivity index (χ0n) is 15.2. The summed E-state index contributed by atoms with van der Waals surface area (Å²) >= 11 is 1.74. The van der Waals surface area contributed by atoms with Gasteiger partial charge in [0.1, 0.15) is 5.01 Å². The Morgan fingerprint density at radius 2 is 1.64 bits per heavy atom. The maximum atomic E-state index is 5.74. The monoisotopic (exact) mass is 353 g/mol. The largest absolute Gasteiger partial charge is 0.326 e. The Balaban J connectivity index is 1.77. The summed E-state index contributed by atoms with van der Waals surface area (Å²) in [6.07, 6.45) is 2.41. The van der Waals surface area contributed by atoms with E-state index in [1.54, 1.807) is 11.3 Å². The maximum Gasteiger partial charge on any atom is 0.124 e. The number of hydrogen-bond acceptors (Lipinski definition) is 4. The summed E-state index contributed by atoms with van der Waals surface area (Å²) in [5.74, 6) is 0. The van der Waals surface area contributed by atoms with Crippen molar-refractivity contribution in [2.24, 2.45) is 5.73 Å². The van der Waals surface area contributed by atoms with Gasteiger partial charge < -0.3 is 5.73 Å². The molecule has 0 fully saturated rings. The third-order valence-corrected chi connectivity index (χ3v) is 5.44. The molecule has 0 aliphatic heterocycles. The molecule has 3 nitrogen and oxygen atoms in total. The second kappa shape index (κ2) is 8.56. The maximum absolute atomic E-state index is 5.74. The predicted molar refractivity (Wildman–Crippen MR) is 109 cm³/mol. The molecular weight excluding hydrogens is 326 g/mol. The van der Waals surface area contributed by atoms with Gasteiger partial charge in [-0.1, -0.05) is 44.2 Å². The molecule has 4 heteroatoms. The highest BCUT2D eigenvalue weighted by Gasteiger charge is 2.08. The zero-order valence-corrected chi connectivity index (χ0v) is 16.0. The van der Waals surface area contributed by atoms with Gasteiger partial charge in [-0.2, -0.15) is 0 Å². The average molecular weight is 354 g/mol. The van der Waals surface area contributed by atoms with E-state index in [0.717, 1.165) is 35.7 Å². The molecule has 0 radical (unpaired) electrons. The molecule has 0 aliphatic carbocycles. The fourth-order valence-electron chi connectivity index (χ4n) is 3.13. The number of nitrogens with zero attached hydrogens (tertiary/aromatic N) is 2. The van der Waals surface area contributed by atoms with E-state index in [4.69, 9.17) is 10.7 Å². The summed E-state index contributed by atoms with van der Waals surface area (Å²) in [5.41, 5.74) is 10.5. The highest BCUT2D eigenvalue weighted by Crippen LogP contribution is 2.31. The first-order chi connectivity index (χ1) is 12.2. The molecule has 0 amide bonds. The lowest BCUT2D eigenvalue weighted by Gasteiger charge is -2.21. The van der Waals surface area contributed by atoms with Crippen LogP contribution in [0.4, 0.5) is 0 Å². The summed E-state index contributed by atoms with van der Waals surface area (Å²) in [6.45, 7) is 8.42. The van der Waals surface area contributed by atoms with Gasteiger partial charge in [-0.15, -0.1) is 11.3 Å². The van der Waals surface area contributed by atoms with Gasteiger partial charge in [0.05, 0.1) is 10.2 Å². The summed E-state index contributed by atoms with van der Waals surface area (Å²) in [4.78, 5) is 7.30. The molecule has 2 N–H and O–H groups in total. The van der Waals surface area contributed by atoms with Gasteiger partial charge in [0.25, 0.3) is 0 Å². The molecule has 1 aromatic heterocycles. The standard InChI is InChI=1S/C21H27N3S/c1-3-11-24(12-4-2)15-16-5-8-18(9-6-16)21-23-19-10-7-17(14-22)13-20(19)25-21/h5-10,13H,3-4,11-12,14-15,22H2,1-2H3. The molecule has 0 aliphatic rings. The van der Waals surface area contributed by atoms with E-state index in [-0.39, 0.29) is 0 Å². The van der Waals surface area contributed by atoms with Crippen LogP contribution in [0.2, 0.25) is 0 Å². The van der Waals surface area contributed by atoms with Crippen LogP contribution in [-0.2, 0) is 13.1 Å². The van der Waals surface area contributed by atoms with Crippen LogP contribution in [0.5, 0.6) is 0 Å². The van der Waals surface area contributed by atoms with Gasteiger partial charge in [0.15, 0.2) is 0 Å². The van der Waals surface area contributed by atoms with Gasteiger partial charge in [0, 0.05) is 18.7 Å². The molecule has 0 unspecified atom stereocenters. The van der Waals surface area contributed by atoms with Crippen LogP contribution < -0.4 is 5.73 Å². The SMILES string of the molecule is CCCN(CCC)Cc1ccc(-c2nc3ccc(CN)cc3s2)cc1. The van der Waals surface area contributed by atoms with Gasteiger partial charge >= 0.3 is 0 Å². The fraction of sp³-hybridized carbons (Fsp3) is 0.381. The van der Waals surface area contributed by atoms with Crippen LogP contribution in [0.15, 0.2) is 42.5 Å². The summed E-state index contributed by atoms with van der Waals surface area (Å²) in [6, 6.07) is 15.2. The fourth-order valence-corrected chi connectivity index (χ4v) is 4.17. The zero-order chi connectivity index (χ0) is 17.6. The van der Waals surface area contributed by atoms with E-state index in [1.165, 1.54) is 28.7 Å². The topological polar surface area (TPSA) is 42.2 Å². The predicted octanol–water partition coefficient (Wildman–Crippen LogP) is 5.04. The van der Waals surface area contributed by atoms with E-state index in [9.17, 15) is 0 Å². The lowest BCUT2D eigenvalue weighted by atomic mass is 10.1. The summed E-state index contributed by atoms with van der Waals surface area (Å²) < 4.78 is 1.21. The van der Waals surface area contributed by atoms with Crippen molar-refractivity contribution >= 4 is 21.6 Å². The first kappa shape index (κ1) is 18.1. The summed E-state index contributed by atoms with van der Waals surface area (Å²) in [5, 5.41) is 1.08. The highest BCUT2D eigenvalue weighted by atomic mass is 32.1. The quantitative estimate of drug-likeness (QED) is 0.616. The van der Waals surface area contributed by atoms with Crippen molar-refractivity contribution < 1.29 is 0 Å². The molecule has 0 saturated carbocycles. The lowest BCUT2D eigenvalue weighted by molar-refractivity contribution is 0.266. The molecule has 132 valence electrons. The number of aromatic nitrogens is 1. The molecular formula is C21H27N3S. The first-order valence-electron chi connectivity index (χ1n) is 9.14. The Kier molecular flexibility index (Phi) is 6.19. The lowest BCUT2D eigenvalue weighted by Crippen LogP contribution is -2.24. The third kappa shape index (κ3) is 4.46. The first-order valence-corrected chi connectivity index (χ1v) is 9.96. The molecule has 2 aromatic carbocycles. The molecule has 3 aromatic rings. The van der Waals surface area contributed by atoms with Crippen LogP contribution in [0.3, 0.4) is 0 Å². The van der Waals surface area contributed by atoms with Gasteiger partial charge in [-0.3, -0.25) is 4.90 Å². The molecule has 0 spiro atoms. The Hall–Kier alpha value is -1.75. The highest BCUT2D eigenvalue weighted by molar-refractivity contribution is 7.21. The van der Waals surface area contributed by atoms with Crippen molar-refractivity contribution in [3.05, 3.63) is 53.6 Å². The van der Waals surface area contributed by atoms with Gasteiger partial charge in [-0.05, 0) is 49.2 Å². The van der Waals surface area contributed by atoms with E-state index < -0.39 is 0 Å². The molecule has 0 saturated heterocycles. The third-order valence-electron chi connectivity index (χ3n) is 4.38. The van der Waals surface area contributed by atoms with Crippen LogP contribution in [0.1, 0.15) is 37.8 Å². The van der Waals surface area contributed by atoms with Gasteiger partial charge in [-0.25, -0.2) is 4.98 Å². The molecule has 0 bridgehead atoms. The number of nitrogens with two attached hydrogens (primary N) is 1. The van der Waals surface area contributed by atoms with E-state index in [0.29, 0.717) is 6.54 Å². The Labute approximate surface area is 154 Å². The molecule has 0 atom stereocenters. The second-order valence-corrected chi connectivity index (χ2v) is 7.53. The molecule has 3 rings (SSSR count). The van der Waals surface area contributed by atoms with E-state index >= 15 is 0 Å². The minimum Gasteiger partial charge on any atom is -0.326 e. The number of fused-ring (bicyclic) bond motifs is 1. The Bertz CT molecular complexity index is 802. The van der Waals surface area contributed by atoms with Gasteiger partial charge in [0.2, 0.25) is 0 Å². The minimum absolute atomic E-state index is 0.573. The van der Waals surface area contributed by atoms with Crippen LogP contribution in [-0.4, -0.2) is 23.0 Å². The molecule has 1 heterocycles. The van der Waals surface area contributed by atoms with E-state index in [1.807, 2.05) is 0 Å². The van der Waals surface area contributed by atoms with Crippen LogP contribution >= 0.6 is 11.3 Å². The van der Waals surface area contributed by atoms with Crippen molar-refractivity contribution in [2.75, 3.05) is 13.1 Å². The smallest absolute Gasteiger partial charge is 0.124 e. The number of thiazole rings is 1. The average Bonchev–Trinajstić information content (AvgIpc) is 3.06. The number of benzene rings is 2. The Morgan fingerprint density at radius 1 is 0.960 bits per heavy atom. The van der Waals surface area contributed by atoms with E-state index in [2.05, 4.69) is 61.2 Å². The molecule has 25 heavy (non-hydrogen) atoms. The van der Waals surface area contributed by atoms with Crippen molar-refractivity contribution in [1.82, 2.24) is 9.88 Å². The van der Waals surface area contributed by atoms with Crippen molar-refractivity contribution in [2.45, 2.75) is 39.8 Å². The van der Waals surface area contributed by atoms with Crippen molar-refractivity contribution in [3.63, 3.8) is 0 Å². The second-order valence-electron chi connectivity index (χ2n) is 6.50. The number of rotatable bonds is 8. The summed E-state index contributed by atoms with van der Waals surface area (Å²) in [7, 11) is 0. The van der Waals surface area contributed by atoms with Crippen LogP contribution in [0.25, 0.3) is 20.8 Å². The normalized spacial score (nSPS) is 11.5. The number of hydrogen-bond donors (Lipinski definition) is 1. The minimum atomic E-state index is 0.573. The van der Waals surface area contributed by atoms with Crippen LogP contribution in [0, 0.1) is 0 Å². The van der Waals surface area contributed by atoms with Crippen molar-refractivity contribution in [3.8, 4) is 10.6 Å². The van der Waals surface area contributed by atoms with Crippen molar-refractivity contribution in [1.29, 1.82) is 0 Å². The Morgan fingerprint density at radius 3 is 2.28 bits per heavy atom.